The monoisotopic (exact) mass is 369 g/mol. The molecule has 2 aromatic carbocycles. The van der Waals surface area contributed by atoms with Crippen LogP contribution >= 0.6 is 0 Å². The van der Waals surface area contributed by atoms with E-state index in [1.54, 1.807) is 0 Å². The molecule has 2 heterocycles. The summed E-state index contributed by atoms with van der Waals surface area (Å²) in [5, 5.41) is 5.21. The summed E-state index contributed by atoms with van der Waals surface area (Å²) in [5.41, 5.74) is 6.14. The molecule has 0 aliphatic heterocycles. The minimum Gasteiger partial charge on any atom is -0.267 e. The van der Waals surface area contributed by atoms with Gasteiger partial charge in [-0.25, -0.2) is 9.67 Å². The Morgan fingerprint density at radius 1 is 0.964 bits per heavy atom. The molecular weight excluding hydrogens is 346 g/mol. The molecule has 4 aromatic rings. The average molecular weight is 369 g/mol. The van der Waals surface area contributed by atoms with Gasteiger partial charge in [0.05, 0.1) is 22.5 Å². The number of aryl methyl sites for hydroxylation is 2. The van der Waals surface area contributed by atoms with Crippen LogP contribution in [0.2, 0.25) is 0 Å². The highest BCUT2D eigenvalue weighted by molar-refractivity contribution is 6.08. The number of nitrogens with zero attached hydrogens (tertiary/aromatic N) is 3. The van der Waals surface area contributed by atoms with Gasteiger partial charge in [-0.05, 0) is 43.5 Å². The van der Waals surface area contributed by atoms with Crippen molar-refractivity contribution in [2.75, 3.05) is 0 Å². The van der Waals surface area contributed by atoms with Crippen molar-refractivity contribution in [2.45, 2.75) is 33.6 Å². The fourth-order valence-corrected chi connectivity index (χ4v) is 3.49. The highest BCUT2D eigenvalue weighted by Crippen LogP contribution is 2.27. The predicted octanol–water partition coefficient (Wildman–Crippen LogP) is 5.53. The van der Waals surface area contributed by atoms with Crippen LogP contribution in [0.15, 0.2) is 60.7 Å². The number of benzene rings is 2. The summed E-state index contributed by atoms with van der Waals surface area (Å²) in [7, 11) is 0. The van der Waals surface area contributed by atoms with Crippen molar-refractivity contribution in [3.05, 3.63) is 83.2 Å². The minimum absolute atomic E-state index is 0.135. The van der Waals surface area contributed by atoms with Crippen LogP contribution in [0.1, 0.15) is 47.1 Å². The van der Waals surface area contributed by atoms with Crippen LogP contribution < -0.4 is 0 Å². The van der Waals surface area contributed by atoms with Crippen molar-refractivity contribution in [1.82, 2.24) is 14.8 Å². The Kier molecular flexibility index (Phi) is 4.55. The Morgan fingerprint density at radius 2 is 1.68 bits per heavy atom. The van der Waals surface area contributed by atoms with E-state index in [9.17, 15) is 4.79 Å². The van der Waals surface area contributed by atoms with Crippen molar-refractivity contribution in [2.24, 2.45) is 0 Å². The molecule has 0 bridgehead atoms. The number of aromatic nitrogens is 3. The van der Waals surface area contributed by atoms with Crippen LogP contribution in [0.3, 0.4) is 0 Å². The smallest absolute Gasteiger partial charge is 0.267 e. The van der Waals surface area contributed by atoms with Crippen molar-refractivity contribution in [1.29, 1.82) is 0 Å². The summed E-state index contributed by atoms with van der Waals surface area (Å²) in [6.07, 6.45) is 0. The van der Waals surface area contributed by atoms with Crippen LogP contribution in [0, 0.1) is 13.8 Å². The van der Waals surface area contributed by atoms with Gasteiger partial charge in [0.2, 0.25) is 0 Å². The molecule has 0 amide bonds. The van der Waals surface area contributed by atoms with Gasteiger partial charge in [-0.15, -0.1) is 0 Å². The van der Waals surface area contributed by atoms with E-state index in [1.165, 1.54) is 10.2 Å². The first kappa shape index (κ1) is 18.1. The number of carbonyl (C=O) groups excluding carboxylic acids is 1. The van der Waals surface area contributed by atoms with Gasteiger partial charge in [0.15, 0.2) is 0 Å². The largest absolute Gasteiger partial charge is 0.279 e. The maximum Gasteiger partial charge on any atom is 0.279 e. The van der Waals surface area contributed by atoms with Crippen LogP contribution in [-0.4, -0.2) is 20.7 Å². The van der Waals surface area contributed by atoms with Gasteiger partial charge in [0.25, 0.3) is 5.91 Å². The molecule has 140 valence electrons. The normalized spacial score (nSPS) is 11.3. The van der Waals surface area contributed by atoms with Gasteiger partial charge < -0.3 is 0 Å². The van der Waals surface area contributed by atoms with Crippen molar-refractivity contribution < 1.29 is 4.79 Å². The van der Waals surface area contributed by atoms with E-state index in [-0.39, 0.29) is 5.91 Å². The lowest BCUT2D eigenvalue weighted by Gasteiger charge is -2.11. The molecule has 0 aliphatic carbocycles. The van der Waals surface area contributed by atoms with Gasteiger partial charge in [-0.2, -0.15) is 5.10 Å². The summed E-state index contributed by atoms with van der Waals surface area (Å²) < 4.78 is 1.47. The quantitative estimate of drug-likeness (QED) is 0.477. The topological polar surface area (TPSA) is 47.8 Å². The zero-order chi connectivity index (χ0) is 19.8. The summed E-state index contributed by atoms with van der Waals surface area (Å²) in [4.78, 5) is 18.1. The van der Waals surface area contributed by atoms with E-state index in [4.69, 9.17) is 4.98 Å². The van der Waals surface area contributed by atoms with Crippen molar-refractivity contribution in [3.63, 3.8) is 0 Å². The van der Waals surface area contributed by atoms with Gasteiger partial charge in [-0.1, -0.05) is 56.3 Å². The summed E-state index contributed by atoms with van der Waals surface area (Å²) in [6, 6.07) is 19.9. The molecular formula is C24H23N3O. The number of pyridine rings is 1. The van der Waals surface area contributed by atoms with E-state index < -0.39 is 0 Å². The third-order valence-corrected chi connectivity index (χ3v) is 5.02. The molecule has 0 saturated carbocycles. The van der Waals surface area contributed by atoms with E-state index in [0.29, 0.717) is 11.5 Å². The van der Waals surface area contributed by atoms with Gasteiger partial charge in [-0.3, -0.25) is 4.79 Å². The zero-order valence-electron chi connectivity index (χ0n) is 16.6. The Morgan fingerprint density at radius 3 is 2.32 bits per heavy atom. The minimum atomic E-state index is -0.135. The standard InChI is InChI=1S/C24H23N3O/c1-15(2)18-9-11-19(12-10-18)23-14-21(20-7-5-6-8-22(20)25-23)24(28)27-17(4)13-16(3)26-27/h5-15H,1-4H3. The maximum atomic E-state index is 13.3. The van der Waals surface area contributed by atoms with Gasteiger partial charge in [0, 0.05) is 16.6 Å². The maximum absolute atomic E-state index is 13.3. The third-order valence-electron chi connectivity index (χ3n) is 5.02. The first-order valence-electron chi connectivity index (χ1n) is 9.52. The average Bonchev–Trinajstić information content (AvgIpc) is 3.04. The molecule has 4 nitrogen and oxygen atoms in total. The van der Waals surface area contributed by atoms with Crippen molar-refractivity contribution in [3.8, 4) is 11.3 Å². The molecule has 4 heteroatoms. The second-order valence-electron chi connectivity index (χ2n) is 7.49. The van der Waals surface area contributed by atoms with Gasteiger partial charge in [0.1, 0.15) is 0 Å². The predicted molar refractivity (Wildman–Crippen MR) is 113 cm³/mol. The molecule has 0 atom stereocenters. The first-order chi connectivity index (χ1) is 13.4. The van der Waals surface area contributed by atoms with E-state index >= 15 is 0 Å². The fraction of sp³-hybridized carbons (Fsp3) is 0.208. The molecule has 0 radical (unpaired) electrons. The van der Waals surface area contributed by atoms with Crippen LogP contribution in [0.25, 0.3) is 22.2 Å². The zero-order valence-corrected chi connectivity index (χ0v) is 16.6. The molecule has 0 spiro atoms. The number of fused-ring (bicyclic) bond motifs is 1. The first-order valence-corrected chi connectivity index (χ1v) is 9.52. The summed E-state index contributed by atoms with van der Waals surface area (Å²) >= 11 is 0. The molecule has 0 N–H and O–H groups in total. The Balaban J connectivity index is 1.88. The summed E-state index contributed by atoms with van der Waals surface area (Å²) in [6.45, 7) is 8.14. The van der Waals surface area contributed by atoms with Gasteiger partial charge >= 0.3 is 0 Å². The lowest BCUT2D eigenvalue weighted by atomic mass is 9.99. The van der Waals surface area contributed by atoms with E-state index in [0.717, 1.165) is 33.5 Å². The van der Waals surface area contributed by atoms with E-state index in [2.05, 4.69) is 43.2 Å². The van der Waals surface area contributed by atoms with Crippen LogP contribution in [0.5, 0.6) is 0 Å². The number of hydrogen-bond donors (Lipinski definition) is 0. The number of rotatable bonds is 3. The highest BCUT2D eigenvalue weighted by Gasteiger charge is 2.18. The van der Waals surface area contributed by atoms with Crippen LogP contribution in [0.4, 0.5) is 0 Å². The lowest BCUT2D eigenvalue weighted by Crippen LogP contribution is -2.16. The number of hydrogen-bond acceptors (Lipinski definition) is 3. The van der Waals surface area contributed by atoms with Crippen molar-refractivity contribution >= 4 is 16.8 Å². The highest BCUT2D eigenvalue weighted by atomic mass is 16.2. The molecule has 4 rings (SSSR count). The molecule has 0 saturated heterocycles. The lowest BCUT2D eigenvalue weighted by molar-refractivity contribution is 0.0944. The summed E-state index contributed by atoms with van der Waals surface area (Å²) in [5.74, 6) is 0.339. The molecule has 0 unspecified atom stereocenters. The Labute approximate surface area is 164 Å². The Bertz CT molecular complexity index is 1170. The number of carbonyl (C=O) groups is 1. The molecule has 2 aromatic heterocycles. The van der Waals surface area contributed by atoms with E-state index in [1.807, 2.05) is 50.2 Å². The molecule has 0 aliphatic rings. The number of para-hydroxylation sites is 1. The second-order valence-corrected chi connectivity index (χ2v) is 7.49. The third kappa shape index (κ3) is 3.22. The molecule has 28 heavy (non-hydrogen) atoms. The Hall–Kier alpha value is -3.27. The van der Waals surface area contributed by atoms with Crippen LogP contribution in [-0.2, 0) is 0 Å². The fourth-order valence-electron chi connectivity index (χ4n) is 3.49. The second kappa shape index (κ2) is 7.04. The molecule has 0 fully saturated rings. The SMILES string of the molecule is Cc1cc(C)n(C(=O)c2cc(-c3ccc(C(C)C)cc3)nc3ccccc23)n1.